The molecule has 0 saturated heterocycles. The van der Waals surface area contributed by atoms with E-state index in [1.54, 1.807) is 19.2 Å². The Labute approximate surface area is 114 Å². The summed E-state index contributed by atoms with van der Waals surface area (Å²) in [6, 6.07) is 5.10. The molecule has 1 aliphatic carbocycles. The van der Waals surface area contributed by atoms with E-state index in [-0.39, 0.29) is 23.2 Å². The summed E-state index contributed by atoms with van der Waals surface area (Å²) in [5.74, 6) is -0.0188. The normalized spacial score (nSPS) is 19.4. The lowest BCUT2D eigenvalue weighted by Crippen LogP contribution is -2.42. The Bertz CT molecular complexity index is 430. The van der Waals surface area contributed by atoms with Crippen molar-refractivity contribution >= 4 is 0 Å². The molecule has 0 amide bonds. The van der Waals surface area contributed by atoms with Gasteiger partial charge < -0.3 is 14.8 Å². The fourth-order valence-corrected chi connectivity index (χ4v) is 3.19. The number of methoxy groups -OCH3 is 2. The zero-order valence-corrected chi connectivity index (χ0v) is 11.8. The first-order valence-corrected chi connectivity index (χ1v) is 6.73. The third-order valence-corrected chi connectivity index (χ3v) is 4.20. The summed E-state index contributed by atoms with van der Waals surface area (Å²) in [6.07, 6.45) is 4.15. The number of benzene rings is 1. The molecule has 1 aliphatic rings. The molecule has 1 fully saturated rings. The summed E-state index contributed by atoms with van der Waals surface area (Å²) in [4.78, 5) is 0. The van der Waals surface area contributed by atoms with Crippen molar-refractivity contribution in [1.29, 1.82) is 0 Å². The van der Waals surface area contributed by atoms with Crippen molar-refractivity contribution in [3.8, 4) is 5.75 Å². The van der Waals surface area contributed by atoms with Crippen LogP contribution in [0.2, 0.25) is 0 Å². The molecule has 1 unspecified atom stereocenters. The number of hydrogen-bond donors (Lipinski definition) is 1. The molecule has 1 atom stereocenters. The van der Waals surface area contributed by atoms with Crippen molar-refractivity contribution in [3.05, 3.63) is 29.6 Å². The van der Waals surface area contributed by atoms with Gasteiger partial charge in [-0.1, -0.05) is 25.0 Å². The van der Waals surface area contributed by atoms with Crippen molar-refractivity contribution in [2.45, 2.75) is 37.3 Å². The Hall–Kier alpha value is -1.13. The Morgan fingerprint density at radius 3 is 2.47 bits per heavy atom. The minimum absolute atomic E-state index is 0.157. The minimum Gasteiger partial charge on any atom is -0.494 e. The number of hydrogen-bond acceptors (Lipinski definition) is 3. The van der Waals surface area contributed by atoms with Gasteiger partial charge in [-0.2, -0.15) is 0 Å². The van der Waals surface area contributed by atoms with Crippen LogP contribution in [0.1, 0.15) is 37.3 Å². The van der Waals surface area contributed by atoms with Gasteiger partial charge in [-0.15, -0.1) is 0 Å². The van der Waals surface area contributed by atoms with Gasteiger partial charge in [0.1, 0.15) is 0 Å². The predicted molar refractivity (Wildman–Crippen MR) is 73.0 cm³/mol. The lowest BCUT2D eigenvalue weighted by molar-refractivity contribution is -0.0358. The smallest absolute Gasteiger partial charge is 0.169 e. The van der Waals surface area contributed by atoms with Crippen LogP contribution in [0, 0.1) is 5.82 Å². The number of ether oxygens (including phenoxy) is 2. The van der Waals surface area contributed by atoms with Crippen LogP contribution in [-0.2, 0) is 4.74 Å². The molecule has 2 rings (SSSR count). The highest BCUT2D eigenvalue weighted by molar-refractivity contribution is 5.34. The molecule has 1 saturated carbocycles. The van der Waals surface area contributed by atoms with E-state index in [1.165, 1.54) is 7.11 Å². The van der Waals surface area contributed by atoms with Gasteiger partial charge in [-0.3, -0.25) is 0 Å². The van der Waals surface area contributed by atoms with Crippen molar-refractivity contribution in [1.82, 2.24) is 5.32 Å². The van der Waals surface area contributed by atoms with E-state index in [4.69, 9.17) is 9.47 Å². The highest BCUT2D eigenvalue weighted by atomic mass is 19.1. The summed E-state index contributed by atoms with van der Waals surface area (Å²) in [5.41, 5.74) is 0.299. The van der Waals surface area contributed by atoms with Gasteiger partial charge in [0, 0.05) is 12.7 Å². The average molecular weight is 267 g/mol. The van der Waals surface area contributed by atoms with Gasteiger partial charge >= 0.3 is 0 Å². The van der Waals surface area contributed by atoms with Crippen LogP contribution in [0.15, 0.2) is 18.2 Å². The Balaban J connectivity index is 2.42. The lowest BCUT2D eigenvalue weighted by atomic mass is 9.86. The Morgan fingerprint density at radius 1 is 1.26 bits per heavy atom. The van der Waals surface area contributed by atoms with E-state index < -0.39 is 0 Å². The fourth-order valence-electron chi connectivity index (χ4n) is 3.19. The monoisotopic (exact) mass is 267 g/mol. The van der Waals surface area contributed by atoms with Gasteiger partial charge in [0.15, 0.2) is 11.6 Å². The number of halogens is 1. The fraction of sp³-hybridized carbons (Fsp3) is 0.600. The molecule has 3 nitrogen and oxygen atoms in total. The van der Waals surface area contributed by atoms with Crippen LogP contribution < -0.4 is 10.1 Å². The molecular weight excluding hydrogens is 245 g/mol. The van der Waals surface area contributed by atoms with E-state index in [0.717, 1.165) is 25.7 Å². The average Bonchev–Trinajstić information content (AvgIpc) is 2.91. The second kappa shape index (κ2) is 5.88. The molecule has 19 heavy (non-hydrogen) atoms. The van der Waals surface area contributed by atoms with Crippen molar-refractivity contribution < 1.29 is 13.9 Å². The molecule has 0 radical (unpaired) electrons. The molecule has 0 heterocycles. The third-order valence-electron chi connectivity index (χ3n) is 4.20. The summed E-state index contributed by atoms with van der Waals surface area (Å²) in [7, 11) is 5.05. The molecule has 4 heteroatoms. The van der Waals surface area contributed by atoms with Crippen LogP contribution in [-0.4, -0.2) is 26.9 Å². The zero-order chi connectivity index (χ0) is 13.9. The molecular formula is C15H22FNO2. The summed E-state index contributed by atoms with van der Waals surface area (Å²) in [5, 5.41) is 3.22. The van der Waals surface area contributed by atoms with Gasteiger partial charge in [0.05, 0.1) is 18.8 Å². The van der Waals surface area contributed by atoms with Crippen molar-refractivity contribution in [2.75, 3.05) is 21.3 Å². The zero-order valence-electron chi connectivity index (χ0n) is 11.8. The standard InChI is InChI=1S/C15H22FNO2/c1-17-14(15(19-3)9-4-5-10-15)11-7-6-8-12(18-2)13(11)16/h6-8,14,17H,4-5,9-10H2,1-3H3. The first kappa shape index (κ1) is 14.3. The van der Waals surface area contributed by atoms with Crippen LogP contribution in [0.25, 0.3) is 0 Å². The SMILES string of the molecule is CNC(c1cccc(OC)c1F)C1(OC)CCCC1. The molecule has 1 aromatic carbocycles. The van der Waals surface area contributed by atoms with Gasteiger partial charge in [0.2, 0.25) is 0 Å². The Kier molecular flexibility index (Phi) is 4.42. The van der Waals surface area contributed by atoms with E-state index in [1.807, 2.05) is 13.1 Å². The maximum absolute atomic E-state index is 14.4. The number of likely N-dealkylation sites (N-methyl/N-ethyl adjacent to an activating group) is 1. The third kappa shape index (κ3) is 2.47. The molecule has 0 aromatic heterocycles. The number of rotatable bonds is 5. The van der Waals surface area contributed by atoms with Crippen molar-refractivity contribution in [3.63, 3.8) is 0 Å². The summed E-state index contributed by atoms with van der Waals surface area (Å²) < 4.78 is 25.3. The minimum atomic E-state index is -0.318. The number of nitrogens with one attached hydrogen (secondary N) is 1. The second-order valence-electron chi connectivity index (χ2n) is 5.06. The predicted octanol–water partition coefficient (Wildman–Crippen LogP) is 3.05. The quantitative estimate of drug-likeness (QED) is 0.889. The summed E-state index contributed by atoms with van der Waals surface area (Å²) in [6.45, 7) is 0. The first-order chi connectivity index (χ1) is 9.18. The highest BCUT2D eigenvalue weighted by Gasteiger charge is 2.43. The Morgan fingerprint density at radius 2 is 1.95 bits per heavy atom. The van der Waals surface area contributed by atoms with E-state index in [2.05, 4.69) is 5.32 Å². The van der Waals surface area contributed by atoms with E-state index in [0.29, 0.717) is 5.56 Å². The largest absolute Gasteiger partial charge is 0.494 e. The molecule has 0 spiro atoms. The second-order valence-corrected chi connectivity index (χ2v) is 5.06. The van der Waals surface area contributed by atoms with Gasteiger partial charge in [-0.25, -0.2) is 4.39 Å². The molecule has 106 valence electrons. The highest BCUT2D eigenvalue weighted by Crippen LogP contribution is 2.43. The van der Waals surface area contributed by atoms with Gasteiger partial charge in [0.25, 0.3) is 0 Å². The van der Waals surface area contributed by atoms with Crippen LogP contribution in [0.3, 0.4) is 0 Å². The molecule has 0 bridgehead atoms. The maximum Gasteiger partial charge on any atom is 0.169 e. The first-order valence-electron chi connectivity index (χ1n) is 6.73. The maximum atomic E-state index is 14.4. The summed E-state index contributed by atoms with van der Waals surface area (Å²) >= 11 is 0. The topological polar surface area (TPSA) is 30.5 Å². The molecule has 1 aromatic rings. The van der Waals surface area contributed by atoms with E-state index >= 15 is 0 Å². The van der Waals surface area contributed by atoms with Crippen molar-refractivity contribution in [2.24, 2.45) is 0 Å². The molecule has 0 aliphatic heterocycles. The lowest BCUT2D eigenvalue weighted by Gasteiger charge is -2.36. The van der Waals surface area contributed by atoms with Gasteiger partial charge in [-0.05, 0) is 26.0 Å². The van der Waals surface area contributed by atoms with Crippen LogP contribution >= 0.6 is 0 Å². The molecule has 1 N–H and O–H groups in total. The van der Waals surface area contributed by atoms with E-state index in [9.17, 15) is 4.39 Å². The van der Waals surface area contributed by atoms with Crippen LogP contribution in [0.5, 0.6) is 5.75 Å². The van der Waals surface area contributed by atoms with Crippen LogP contribution in [0.4, 0.5) is 4.39 Å².